The van der Waals surface area contributed by atoms with Gasteiger partial charge in [0.1, 0.15) is 5.82 Å². The third-order valence-electron chi connectivity index (χ3n) is 5.04. The second-order valence-corrected chi connectivity index (χ2v) is 7.74. The van der Waals surface area contributed by atoms with Gasteiger partial charge in [0.25, 0.3) is 0 Å². The SMILES string of the molecule is Nc1nccc2cc(CNCc3nnc(Cc4ccc5ncc(Cl)cc5c4)o3)ccc12. The van der Waals surface area contributed by atoms with E-state index < -0.39 is 0 Å². The number of nitrogens with zero attached hydrogens (tertiary/aromatic N) is 4. The molecule has 0 saturated heterocycles. The van der Waals surface area contributed by atoms with E-state index in [1.165, 1.54) is 0 Å². The number of rotatable bonds is 6. The maximum Gasteiger partial charge on any atom is 0.230 e. The van der Waals surface area contributed by atoms with Gasteiger partial charge in [-0.2, -0.15) is 0 Å². The van der Waals surface area contributed by atoms with Crippen LogP contribution in [0.5, 0.6) is 0 Å². The number of nitrogens with one attached hydrogen (secondary N) is 1. The zero-order valence-corrected chi connectivity index (χ0v) is 17.3. The molecule has 5 rings (SSSR count). The molecule has 0 atom stereocenters. The number of hydrogen-bond donors (Lipinski definition) is 2. The van der Waals surface area contributed by atoms with Gasteiger partial charge in [0.2, 0.25) is 11.8 Å². The lowest BCUT2D eigenvalue weighted by molar-refractivity contribution is 0.438. The Bertz CT molecular complexity index is 1380. The molecule has 3 heterocycles. The molecule has 0 aliphatic heterocycles. The Hall–Kier alpha value is -3.55. The maximum absolute atomic E-state index is 6.04. The lowest BCUT2D eigenvalue weighted by Gasteiger charge is -2.06. The van der Waals surface area contributed by atoms with Crippen molar-refractivity contribution in [2.75, 3.05) is 5.73 Å². The van der Waals surface area contributed by atoms with E-state index in [0.717, 1.165) is 32.8 Å². The number of nitrogens with two attached hydrogens (primary N) is 1. The van der Waals surface area contributed by atoms with Crippen molar-refractivity contribution in [3.8, 4) is 0 Å². The van der Waals surface area contributed by atoms with E-state index in [9.17, 15) is 0 Å². The fourth-order valence-electron chi connectivity index (χ4n) is 3.54. The summed E-state index contributed by atoms with van der Waals surface area (Å²) >= 11 is 6.04. The first-order chi connectivity index (χ1) is 15.1. The van der Waals surface area contributed by atoms with E-state index in [1.54, 1.807) is 12.4 Å². The molecule has 0 spiro atoms. The van der Waals surface area contributed by atoms with E-state index in [2.05, 4.69) is 31.5 Å². The first-order valence-corrected chi connectivity index (χ1v) is 10.2. The van der Waals surface area contributed by atoms with Crippen molar-refractivity contribution in [1.82, 2.24) is 25.5 Å². The topological polar surface area (TPSA) is 103 Å². The number of fused-ring (bicyclic) bond motifs is 2. The summed E-state index contributed by atoms with van der Waals surface area (Å²) in [4.78, 5) is 8.43. The third kappa shape index (κ3) is 4.33. The molecule has 8 heteroatoms. The highest BCUT2D eigenvalue weighted by Crippen LogP contribution is 2.21. The van der Waals surface area contributed by atoms with Crippen molar-refractivity contribution in [2.45, 2.75) is 19.5 Å². The lowest BCUT2D eigenvalue weighted by Crippen LogP contribution is -2.12. The molecule has 0 unspecified atom stereocenters. The predicted octanol–water partition coefficient (Wildman–Crippen LogP) is 4.28. The summed E-state index contributed by atoms with van der Waals surface area (Å²) in [6.07, 6.45) is 3.91. The third-order valence-corrected chi connectivity index (χ3v) is 5.25. The van der Waals surface area contributed by atoms with Gasteiger partial charge in [-0.3, -0.25) is 4.98 Å². The zero-order valence-electron chi connectivity index (χ0n) is 16.5. The fourth-order valence-corrected chi connectivity index (χ4v) is 3.71. The minimum Gasteiger partial charge on any atom is -0.424 e. The molecule has 0 fully saturated rings. The molecule has 0 aliphatic carbocycles. The van der Waals surface area contributed by atoms with Crippen LogP contribution in [0.15, 0.2) is 65.3 Å². The van der Waals surface area contributed by atoms with Crippen LogP contribution < -0.4 is 11.1 Å². The standard InChI is InChI=1S/C23H19ClN6O/c24-18-10-17-7-14(2-4-20(17)28-12-18)9-21-29-30-22(31-21)13-26-11-15-1-3-19-16(8-15)5-6-27-23(19)25/h1-8,10,12,26H,9,11,13H2,(H2,25,27). The summed E-state index contributed by atoms with van der Waals surface area (Å²) in [5.41, 5.74) is 9.01. The number of pyridine rings is 2. The quantitative estimate of drug-likeness (QED) is 0.414. The van der Waals surface area contributed by atoms with Crippen LogP contribution in [0.1, 0.15) is 22.9 Å². The van der Waals surface area contributed by atoms with Crippen molar-refractivity contribution < 1.29 is 4.42 Å². The van der Waals surface area contributed by atoms with E-state index in [-0.39, 0.29) is 0 Å². The summed E-state index contributed by atoms with van der Waals surface area (Å²) in [5.74, 6) is 1.66. The molecule has 0 amide bonds. The van der Waals surface area contributed by atoms with Crippen molar-refractivity contribution in [3.63, 3.8) is 0 Å². The van der Waals surface area contributed by atoms with Crippen LogP contribution in [0.2, 0.25) is 5.02 Å². The van der Waals surface area contributed by atoms with Gasteiger partial charge in [-0.25, -0.2) is 4.98 Å². The zero-order chi connectivity index (χ0) is 21.2. The Labute approximate surface area is 183 Å². The molecule has 7 nitrogen and oxygen atoms in total. The monoisotopic (exact) mass is 430 g/mol. The average molecular weight is 431 g/mol. The van der Waals surface area contributed by atoms with Crippen molar-refractivity contribution in [3.05, 3.63) is 88.9 Å². The minimum absolute atomic E-state index is 0.487. The minimum atomic E-state index is 0.487. The van der Waals surface area contributed by atoms with Crippen LogP contribution in [0.25, 0.3) is 21.7 Å². The van der Waals surface area contributed by atoms with E-state index in [1.807, 2.05) is 42.5 Å². The number of halogens is 1. The number of benzene rings is 2. The Balaban J connectivity index is 1.21. The van der Waals surface area contributed by atoms with Gasteiger partial charge in [0.05, 0.1) is 23.5 Å². The second kappa shape index (κ2) is 8.29. The van der Waals surface area contributed by atoms with Crippen LogP contribution in [0.4, 0.5) is 5.82 Å². The number of nitrogen functional groups attached to an aromatic ring is 1. The lowest BCUT2D eigenvalue weighted by atomic mass is 10.1. The van der Waals surface area contributed by atoms with Gasteiger partial charge in [-0.1, -0.05) is 29.8 Å². The van der Waals surface area contributed by atoms with Crippen LogP contribution >= 0.6 is 11.6 Å². The summed E-state index contributed by atoms with van der Waals surface area (Å²) in [5, 5.41) is 15.3. The van der Waals surface area contributed by atoms with Gasteiger partial charge in [0.15, 0.2) is 0 Å². The molecule has 0 radical (unpaired) electrons. The van der Waals surface area contributed by atoms with Gasteiger partial charge < -0.3 is 15.5 Å². The summed E-state index contributed by atoms with van der Waals surface area (Å²) in [6.45, 7) is 1.16. The highest BCUT2D eigenvalue weighted by Gasteiger charge is 2.08. The fraction of sp³-hybridized carbons (Fsp3) is 0.130. The maximum atomic E-state index is 6.04. The summed E-state index contributed by atoms with van der Waals surface area (Å²) in [6, 6.07) is 16.0. The first-order valence-electron chi connectivity index (χ1n) is 9.83. The van der Waals surface area contributed by atoms with Gasteiger partial charge in [-0.05, 0) is 46.8 Å². The molecule has 31 heavy (non-hydrogen) atoms. The van der Waals surface area contributed by atoms with Crippen molar-refractivity contribution in [1.29, 1.82) is 0 Å². The van der Waals surface area contributed by atoms with Crippen LogP contribution in [-0.4, -0.2) is 20.2 Å². The molecule has 0 bridgehead atoms. The number of hydrogen-bond acceptors (Lipinski definition) is 7. The van der Waals surface area contributed by atoms with Crippen molar-refractivity contribution >= 4 is 39.1 Å². The molecule has 3 N–H and O–H groups in total. The largest absolute Gasteiger partial charge is 0.424 e. The van der Waals surface area contributed by atoms with Crippen LogP contribution in [0, 0.1) is 0 Å². The number of anilines is 1. The number of aromatic nitrogens is 4. The van der Waals surface area contributed by atoms with Crippen LogP contribution in [0.3, 0.4) is 0 Å². The molecular weight excluding hydrogens is 412 g/mol. The highest BCUT2D eigenvalue weighted by atomic mass is 35.5. The van der Waals surface area contributed by atoms with Gasteiger partial charge >= 0.3 is 0 Å². The van der Waals surface area contributed by atoms with E-state index in [0.29, 0.717) is 42.1 Å². The van der Waals surface area contributed by atoms with Gasteiger partial charge in [0, 0.05) is 29.7 Å². The van der Waals surface area contributed by atoms with Crippen LogP contribution in [-0.2, 0) is 19.5 Å². The average Bonchev–Trinajstić information content (AvgIpc) is 3.20. The summed E-state index contributed by atoms with van der Waals surface area (Å²) in [7, 11) is 0. The molecular formula is C23H19ClN6O. The smallest absolute Gasteiger partial charge is 0.230 e. The van der Waals surface area contributed by atoms with Gasteiger partial charge in [-0.15, -0.1) is 10.2 Å². The molecule has 0 aliphatic rings. The molecule has 2 aromatic carbocycles. The summed E-state index contributed by atoms with van der Waals surface area (Å²) < 4.78 is 5.80. The highest BCUT2D eigenvalue weighted by molar-refractivity contribution is 6.31. The second-order valence-electron chi connectivity index (χ2n) is 7.30. The Morgan fingerprint density at radius 1 is 0.871 bits per heavy atom. The molecule has 3 aromatic heterocycles. The molecule has 154 valence electrons. The predicted molar refractivity (Wildman–Crippen MR) is 121 cm³/mol. The Morgan fingerprint density at radius 3 is 2.65 bits per heavy atom. The van der Waals surface area contributed by atoms with E-state index in [4.69, 9.17) is 21.8 Å². The normalized spacial score (nSPS) is 11.4. The first kappa shape index (κ1) is 19.4. The molecule has 0 saturated carbocycles. The Kier molecular flexibility index (Phi) is 5.19. The van der Waals surface area contributed by atoms with Crippen molar-refractivity contribution in [2.24, 2.45) is 0 Å². The Morgan fingerprint density at radius 2 is 1.71 bits per heavy atom. The molecule has 5 aromatic rings. The van der Waals surface area contributed by atoms with E-state index >= 15 is 0 Å².